The maximum atomic E-state index is 5.48. The van der Waals surface area contributed by atoms with Crippen LogP contribution in [0.15, 0.2) is 24.3 Å². The molecule has 1 aliphatic carbocycles. The molecule has 1 N–H and O–H groups in total. The third-order valence-corrected chi connectivity index (χ3v) is 4.42. The number of ether oxygens (including phenoxy) is 1. The molecule has 0 bridgehead atoms. The maximum Gasteiger partial charge on any atom is 0.119 e. The van der Waals surface area contributed by atoms with Crippen molar-refractivity contribution in [2.24, 2.45) is 5.92 Å². The molecule has 0 spiro atoms. The van der Waals surface area contributed by atoms with E-state index in [-0.39, 0.29) is 0 Å². The van der Waals surface area contributed by atoms with Crippen molar-refractivity contribution in [1.82, 2.24) is 5.32 Å². The molecule has 1 atom stereocenters. The lowest BCUT2D eigenvalue weighted by Crippen LogP contribution is -2.22. The lowest BCUT2D eigenvalue weighted by atomic mass is 9.87. The summed E-state index contributed by atoms with van der Waals surface area (Å²) in [5, 5.41) is 3.66. The smallest absolute Gasteiger partial charge is 0.119 e. The fourth-order valence-electron chi connectivity index (χ4n) is 3.12. The Morgan fingerprint density at radius 2 is 1.85 bits per heavy atom. The van der Waals surface area contributed by atoms with E-state index in [1.54, 1.807) is 0 Å². The van der Waals surface area contributed by atoms with Crippen LogP contribution in [0.3, 0.4) is 0 Å². The first-order valence-corrected chi connectivity index (χ1v) is 8.25. The van der Waals surface area contributed by atoms with Gasteiger partial charge in [0.05, 0.1) is 6.61 Å². The molecule has 112 valence electrons. The summed E-state index contributed by atoms with van der Waals surface area (Å²) in [4.78, 5) is 0. The minimum Gasteiger partial charge on any atom is -0.494 e. The first kappa shape index (κ1) is 15.4. The van der Waals surface area contributed by atoms with Crippen LogP contribution in [0.25, 0.3) is 0 Å². The van der Waals surface area contributed by atoms with Crippen LogP contribution in [0.2, 0.25) is 0 Å². The predicted molar refractivity (Wildman–Crippen MR) is 85.2 cm³/mol. The number of benzene rings is 1. The van der Waals surface area contributed by atoms with Crippen molar-refractivity contribution >= 4 is 0 Å². The molecule has 1 aromatic rings. The van der Waals surface area contributed by atoms with Gasteiger partial charge in [-0.3, -0.25) is 0 Å². The Balaban J connectivity index is 1.71. The lowest BCUT2D eigenvalue weighted by molar-refractivity contribution is 0.329. The molecule has 1 unspecified atom stereocenters. The topological polar surface area (TPSA) is 21.3 Å². The first-order valence-electron chi connectivity index (χ1n) is 8.25. The van der Waals surface area contributed by atoms with Gasteiger partial charge >= 0.3 is 0 Å². The van der Waals surface area contributed by atoms with Gasteiger partial charge in [0.15, 0.2) is 0 Å². The Kier molecular flexibility index (Phi) is 6.38. The van der Waals surface area contributed by atoms with Crippen molar-refractivity contribution in [1.29, 1.82) is 0 Å². The average molecular weight is 275 g/mol. The summed E-state index contributed by atoms with van der Waals surface area (Å²) < 4.78 is 5.48. The molecule has 1 aromatic carbocycles. The zero-order chi connectivity index (χ0) is 14.2. The van der Waals surface area contributed by atoms with Crippen LogP contribution < -0.4 is 10.1 Å². The van der Waals surface area contributed by atoms with Gasteiger partial charge in [0.1, 0.15) is 5.75 Å². The third kappa shape index (κ3) is 4.82. The van der Waals surface area contributed by atoms with Crippen molar-refractivity contribution in [3.63, 3.8) is 0 Å². The van der Waals surface area contributed by atoms with Crippen molar-refractivity contribution in [2.75, 3.05) is 13.2 Å². The van der Waals surface area contributed by atoms with E-state index in [0.29, 0.717) is 6.04 Å². The molecular formula is C18H29NO. The van der Waals surface area contributed by atoms with E-state index in [0.717, 1.165) is 24.8 Å². The second kappa shape index (κ2) is 8.31. The van der Waals surface area contributed by atoms with Gasteiger partial charge in [-0.15, -0.1) is 0 Å². The number of hydrogen-bond donors (Lipinski definition) is 1. The van der Waals surface area contributed by atoms with E-state index in [4.69, 9.17) is 4.74 Å². The zero-order valence-electron chi connectivity index (χ0n) is 13.0. The van der Waals surface area contributed by atoms with E-state index >= 15 is 0 Å². The highest BCUT2D eigenvalue weighted by Crippen LogP contribution is 2.26. The molecule has 20 heavy (non-hydrogen) atoms. The summed E-state index contributed by atoms with van der Waals surface area (Å²) in [6.45, 7) is 6.13. The number of hydrogen-bond acceptors (Lipinski definition) is 2. The monoisotopic (exact) mass is 275 g/mol. The third-order valence-electron chi connectivity index (χ3n) is 4.42. The minimum absolute atomic E-state index is 0.425. The highest BCUT2D eigenvalue weighted by atomic mass is 16.5. The SMILES string of the molecule is CCOc1ccc(C(C)NCCC2CCCCC2)cc1. The van der Waals surface area contributed by atoms with Gasteiger partial charge in [0.2, 0.25) is 0 Å². The molecule has 1 saturated carbocycles. The van der Waals surface area contributed by atoms with E-state index in [1.807, 2.05) is 6.92 Å². The molecule has 0 aromatic heterocycles. The molecule has 2 rings (SSSR count). The maximum absolute atomic E-state index is 5.48. The van der Waals surface area contributed by atoms with Crippen LogP contribution >= 0.6 is 0 Å². The van der Waals surface area contributed by atoms with E-state index < -0.39 is 0 Å². The second-order valence-electron chi connectivity index (χ2n) is 5.97. The molecule has 0 amide bonds. The van der Waals surface area contributed by atoms with E-state index in [9.17, 15) is 0 Å². The molecule has 0 heterocycles. The van der Waals surface area contributed by atoms with Crippen LogP contribution in [0.1, 0.15) is 64.0 Å². The van der Waals surface area contributed by atoms with Gasteiger partial charge in [0, 0.05) is 6.04 Å². The highest BCUT2D eigenvalue weighted by Gasteiger charge is 2.13. The fraction of sp³-hybridized carbons (Fsp3) is 0.667. The molecule has 1 fully saturated rings. The molecule has 0 aliphatic heterocycles. The normalized spacial score (nSPS) is 17.9. The van der Waals surface area contributed by atoms with Crippen LogP contribution in [-0.2, 0) is 0 Å². The lowest BCUT2D eigenvalue weighted by Gasteiger charge is -2.22. The standard InChI is InChI=1S/C18H29NO/c1-3-20-18-11-9-17(10-12-18)15(2)19-14-13-16-7-5-4-6-8-16/h9-12,15-16,19H,3-8,13-14H2,1-2H3. The van der Waals surface area contributed by atoms with Crippen molar-refractivity contribution < 1.29 is 4.74 Å². The Morgan fingerprint density at radius 1 is 1.15 bits per heavy atom. The Bertz CT molecular complexity index is 368. The fourth-order valence-corrected chi connectivity index (χ4v) is 3.12. The minimum atomic E-state index is 0.425. The molecule has 2 heteroatoms. The van der Waals surface area contributed by atoms with Gasteiger partial charge in [-0.1, -0.05) is 44.2 Å². The van der Waals surface area contributed by atoms with Gasteiger partial charge in [0.25, 0.3) is 0 Å². The summed E-state index contributed by atoms with van der Waals surface area (Å²) in [5.41, 5.74) is 1.34. The molecule has 1 aliphatic rings. The largest absolute Gasteiger partial charge is 0.494 e. The Hall–Kier alpha value is -1.02. The molecular weight excluding hydrogens is 246 g/mol. The van der Waals surface area contributed by atoms with Crippen molar-refractivity contribution in [3.8, 4) is 5.75 Å². The van der Waals surface area contributed by atoms with Gasteiger partial charge in [-0.05, 0) is 50.4 Å². The Morgan fingerprint density at radius 3 is 2.50 bits per heavy atom. The zero-order valence-corrected chi connectivity index (χ0v) is 13.0. The van der Waals surface area contributed by atoms with Crippen molar-refractivity contribution in [3.05, 3.63) is 29.8 Å². The molecule has 2 nitrogen and oxygen atoms in total. The van der Waals surface area contributed by atoms with Gasteiger partial charge < -0.3 is 10.1 Å². The summed E-state index contributed by atoms with van der Waals surface area (Å²) in [5.74, 6) is 1.93. The van der Waals surface area contributed by atoms with Crippen LogP contribution in [0.4, 0.5) is 0 Å². The first-order chi connectivity index (χ1) is 9.79. The summed E-state index contributed by atoms with van der Waals surface area (Å²) >= 11 is 0. The van der Waals surface area contributed by atoms with Crippen molar-refractivity contribution in [2.45, 2.75) is 58.4 Å². The number of rotatable bonds is 7. The second-order valence-corrected chi connectivity index (χ2v) is 5.97. The van der Waals surface area contributed by atoms with E-state index in [2.05, 4.69) is 36.5 Å². The highest BCUT2D eigenvalue weighted by molar-refractivity contribution is 5.28. The summed E-state index contributed by atoms with van der Waals surface area (Å²) in [6, 6.07) is 8.90. The van der Waals surface area contributed by atoms with Gasteiger partial charge in [-0.25, -0.2) is 0 Å². The van der Waals surface area contributed by atoms with Crippen LogP contribution in [0, 0.1) is 5.92 Å². The van der Waals surface area contributed by atoms with Gasteiger partial charge in [-0.2, -0.15) is 0 Å². The summed E-state index contributed by atoms with van der Waals surface area (Å²) in [7, 11) is 0. The van der Waals surface area contributed by atoms with E-state index in [1.165, 1.54) is 44.1 Å². The predicted octanol–water partition coefficient (Wildman–Crippen LogP) is 4.71. The Labute approximate surface area is 123 Å². The number of nitrogens with one attached hydrogen (secondary N) is 1. The summed E-state index contributed by atoms with van der Waals surface area (Å²) in [6.07, 6.45) is 8.56. The quantitative estimate of drug-likeness (QED) is 0.778. The average Bonchev–Trinajstić information content (AvgIpc) is 2.49. The molecule has 0 radical (unpaired) electrons. The van der Waals surface area contributed by atoms with Crippen LogP contribution in [-0.4, -0.2) is 13.2 Å². The molecule has 0 saturated heterocycles. The van der Waals surface area contributed by atoms with Crippen LogP contribution in [0.5, 0.6) is 5.75 Å².